The highest BCUT2D eigenvalue weighted by Crippen LogP contribution is 2.30. The van der Waals surface area contributed by atoms with Crippen molar-refractivity contribution >= 4 is 5.91 Å². The van der Waals surface area contributed by atoms with Gasteiger partial charge in [-0.15, -0.1) is 0 Å². The van der Waals surface area contributed by atoms with E-state index in [2.05, 4.69) is 0 Å². The van der Waals surface area contributed by atoms with E-state index in [-0.39, 0.29) is 25.4 Å². The van der Waals surface area contributed by atoms with Crippen molar-refractivity contribution in [3.05, 3.63) is 35.4 Å². The molecule has 1 heterocycles. The zero-order valence-electron chi connectivity index (χ0n) is 9.44. The van der Waals surface area contributed by atoms with Crippen molar-refractivity contribution in [2.75, 3.05) is 6.54 Å². The van der Waals surface area contributed by atoms with Crippen LogP contribution in [-0.4, -0.2) is 28.6 Å². The molecule has 1 aliphatic rings. The van der Waals surface area contributed by atoms with Crippen LogP contribution in [0.25, 0.3) is 0 Å². The molecule has 1 aromatic carbocycles. The van der Waals surface area contributed by atoms with Gasteiger partial charge in [0.15, 0.2) is 0 Å². The molecule has 1 amide bonds. The zero-order chi connectivity index (χ0) is 13.3. The molecule has 0 bridgehead atoms. The summed E-state index contributed by atoms with van der Waals surface area (Å²) in [5, 5.41) is 9.29. The van der Waals surface area contributed by atoms with Crippen molar-refractivity contribution in [1.29, 1.82) is 0 Å². The monoisotopic (exact) mass is 259 g/mol. The minimum atomic E-state index is -4.38. The molecule has 1 unspecified atom stereocenters. The molecule has 1 N–H and O–H groups in total. The third-order valence-corrected chi connectivity index (χ3v) is 2.82. The van der Waals surface area contributed by atoms with Gasteiger partial charge in [0, 0.05) is 13.1 Å². The van der Waals surface area contributed by atoms with Gasteiger partial charge in [-0.25, -0.2) is 0 Å². The Morgan fingerprint density at radius 1 is 1.39 bits per heavy atom. The van der Waals surface area contributed by atoms with E-state index in [0.717, 1.165) is 12.1 Å². The van der Waals surface area contributed by atoms with Crippen LogP contribution in [0.3, 0.4) is 0 Å². The maximum atomic E-state index is 12.5. The number of amides is 1. The summed E-state index contributed by atoms with van der Waals surface area (Å²) >= 11 is 0. The topological polar surface area (TPSA) is 40.5 Å². The van der Waals surface area contributed by atoms with Crippen LogP contribution < -0.4 is 0 Å². The quantitative estimate of drug-likeness (QED) is 0.879. The van der Waals surface area contributed by atoms with Gasteiger partial charge in [0.05, 0.1) is 18.1 Å². The molecule has 1 saturated heterocycles. The van der Waals surface area contributed by atoms with Crippen LogP contribution in [0, 0.1) is 0 Å². The fourth-order valence-corrected chi connectivity index (χ4v) is 1.97. The maximum absolute atomic E-state index is 12.5. The lowest BCUT2D eigenvalue weighted by atomic mass is 10.1. The van der Waals surface area contributed by atoms with E-state index in [4.69, 9.17) is 0 Å². The Labute approximate surface area is 102 Å². The highest BCUT2D eigenvalue weighted by molar-refractivity contribution is 5.79. The smallest absolute Gasteiger partial charge is 0.391 e. The number of hydrogen-bond acceptors (Lipinski definition) is 2. The Bertz CT molecular complexity index is 459. The minimum absolute atomic E-state index is 0.0406. The van der Waals surface area contributed by atoms with Crippen LogP contribution >= 0.6 is 0 Å². The van der Waals surface area contributed by atoms with Crippen LogP contribution in [0.4, 0.5) is 13.2 Å². The molecule has 1 aromatic rings. The Balaban J connectivity index is 2.13. The lowest BCUT2D eigenvalue weighted by molar-refractivity contribution is -0.137. The number of aliphatic hydroxyl groups excluding tert-OH is 1. The Morgan fingerprint density at radius 3 is 2.67 bits per heavy atom. The molecule has 1 atom stereocenters. The predicted molar refractivity (Wildman–Crippen MR) is 57.5 cm³/mol. The molecule has 18 heavy (non-hydrogen) atoms. The summed E-state index contributed by atoms with van der Waals surface area (Å²) in [6, 6.07) is 4.87. The van der Waals surface area contributed by atoms with Gasteiger partial charge in [-0.3, -0.25) is 4.79 Å². The number of halogens is 3. The van der Waals surface area contributed by atoms with Crippen LogP contribution in [0.15, 0.2) is 24.3 Å². The molecule has 2 rings (SSSR count). The summed E-state index contributed by atoms with van der Waals surface area (Å²) in [5.41, 5.74) is -0.320. The summed E-state index contributed by atoms with van der Waals surface area (Å²) in [6.07, 6.45) is -5.06. The second-order valence-electron chi connectivity index (χ2n) is 4.33. The Hall–Kier alpha value is -1.56. The standard InChI is InChI=1S/C12H12F3NO2/c13-12(14,15)9-3-1-2-8(4-9)6-16-7-10(17)5-11(16)18/h1-4,10,17H,5-7H2. The third kappa shape index (κ3) is 2.81. The first-order valence-electron chi connectivity index (χ1n) is 5.48. The maximum Gasteiger partial charge on any atom is 0.416 e. The van der Waals surface area contributed by atoms with Crippen molar-refractivity contribution in [2.45, 2.75) is 25.2 Å². The first-order valence-corrected chi connectivity index (χ1v) is 5.48. The molecule has 3 nitrogen and oxygen atoms in total. The number of likely N-dealkylation sites (tertiary alicyclic amines) is 1. The molecule has 0 aliphatic carbocycles. The first kappa shape index (κ1) is 12.9. The molecule has 98 valence electrons. The van der Waals surface area contributed by atoms with Crippen molar-refractivity contribution in [2.24, 2.45) is 0 Å². The molecular weight excluding hydrogens is 247 g/mol. The fraction of sp³-hybridized carbons (Fsp3) is 0.417. The van der Waals surface area contributed by atoms with E-state index < -0.39 is 17.8 Å². The minimum Gasteiger partial charge on any atom is -0.391 e. The van der Waals surface area contributed by atoms with Crippen LogP contribution in [0.5, 0.6) is 0 Å². The van der Waals surface area contributed by atoms with Gasteiger partial charge in [0.2, 0.25) is 5.91 Å². The average molecular weight is 259 g/mol. The summed E-state index contributed by atoms with van der Waals surface area (Å²) < 4.78 is 37.5. The lowest BCUT2D eigenvalue weighted by Crippen LogP contribution is -2.25. The van der Waals surface area contributed by atoms with Gasteiger partial charge in [-0.05, 0) is 17.7 Å². The van der Waals surface area contributed by atoms with Crippen LogP contribution in [0.2, 0.25) is 0 Å². The predicted octanol–water partition coefficient (Wildman–Crippen LogP) is 1.80. The van der Waals surface area contributed by atoms with Crippen LogP contribution in [-0.2, 0) is 17.5 Å². The molecule has 1 fully saturated rings. The second-order valence-corrected chi connectivity index (χ2v) is 4.33. The molecule has 0 radical (unpaired) electrons. The highest BCUT2D eigenvalue weighted by Gasteiger charge is 2.31. The molecule has 1 aliphatic heterocycles. The van der Waals surface area contributed by atoms with Gasteiger partial charge in [-0.1, -0.05) is 12.1 Å². The third-order valence-electron chi connectivity index (χ3n) is 2.82. The summed E-state index contributed by atoms with van der Waals surface area (Å²) in [4.78, 5) is 12.8. The summed E-state index contributed by atoms with van der Waals surface area (Å²) in [5.74, 6) is -0.236. The van der Waals surface area contributed by atoms with Gasteiger partial charge >= 0.3 is 6.18 Å². The van der Waals surface area contributed by atoms with E-state index in [0.29, 0.717) is 5.56 Å². The van der Waals surface area contributed by atoms with Crippen molar-refractivity contribution in [1.82, 2.24) is 4.90 Å². The fourth-order valence-electron chi connectivity index (χ4n) is 1.97. The lowest BCUT2D eigenvalue weighted by Gasteiger charge is -2.16. The second kappa shape index (κ2) is 4.61. The normalized spacial score (nSPS) is 20.6. The number of carbonyl (C=O) groups excluding carboxylic acids is 1. The Morgan fingerprint density at radius 2 is 2.11 bits per heavy atom. The van der Waals surface area contributed by atoms with Gasteiger partial charge in [-0.2, -0.15) is 13.2 Å². The molecular formula is C12H12F3NO2. The molecule has 0 spiro atoms. The van der Waals surface area contributed by atoms with Crippen molar-refractivity contribution < 1.29 is 23.1 Å². The zero-order valence-corrected chi connectivity index (χ0v) is 9.44. The number of benzene rings is 1. The van der Waals surface area contributed by atoms with Crippen molar-refractivity contribution in [3.63, 3.8) is 0 Å². The largest absolute Gasteiger partial charge is 0.416 e. The molecule has 0 saturated carbocycles. The van der Waals surface area contributed by atoms with Gasteiger partial charge < -0.3 is 10.0 Å². The number of nitrogens with zero attached hydrogens (tertiary/aromatic N) is 1. The highest BCUT2D eigenvalue weighted by atomic mass is 19.4. The average Bonchev–Trinajstić information content (AvgIpc) is 2.56. The number of β-amino-alcohol motifs (C(OH)–C–C–N with tert-alkyl or cyclic N) is 1. The SMILES string of the molecule is O=C1CC(O)CN1Cc1cccc(C(F)(F)F)c1. The molecule has 0 aromatic heterocycles. The van der Waals surface area contributed by atoms with Crippen LogP contribution in [0.1, 0.15) is 17.5 Å². The van der Waals surface area contributed by atoms with E-state index in [1.165, 1.54) is 17.0 Å². The van der Waals surface area contributed by atoms with Gasteiger partial charge in [0.25, 0.3) is 0 Å². The van der Waals surface area contributed by atoms with E-state index in [1.807, 2.05) is 0 Å². The van der Waals surface area contributed by atoms with Gasteiger partial charge in [0.1, 0.15) is 0 Å². The first-order chi connectivity index (χ1) is 8.36. The van der Waals surface area contributed by atoms with E-state index >= 15 is 0 Å². The number of aliphatic hydroxyl groups is 1. The Kier molecular flexibility index (Phi) is 3.30. The number of carbonyl (C=O) groups is 1. The summed E-state index contributed by atoms with van der Waals surface area (Å²) in [6.45, 7) is 0.273. The van der Waals surface area contributed by atoms with Crippen molar-refractivity contribution in [3.8, 4) is 0 Å². The number of alkyl halides is 3. The summed E-state index contributed by atoms with van der Waals surface area (Å²) in [7, 11) is 0. The van der Waals surface area contributed by atoms with E-state index in [1.54, 1.807) is 0 Å². The number of rotatable bonds is 2. The molecule has 6 heteroatoms. The van der Waals surface area contributed by atoms with E-state index in [9.17, 15) is 23.1 Å². The number of hydrogen-bond donors (Lipinski definition) is 1.